The standard InChI is InChI=1S/C27H39N9O/c1-4-21-18-23(35-16-14-33(2)15-17-35)8-9-24(21)31-26-30-20-22(19-28)25(32-26)29-10-7-13-36-12-6-5-11-34(3)27(36)37/h8-9,18,20H,4-7,10-17H2,1-3H3,(H2,29,30,31,32). The first kappa shape index (κ1) is 26.5. The molecule has 0 saturated carbocycles. The van der Waals surface area contributed by atoms with Gasteiger partial charge in [0.05, 0.1) is 6.20 Å². The van der Waals surface area contributed by atoms with Gasteiger partial charge in [0.25, 0.3) is 0 Å². The second kappa shape index (κ2) is 12.6. The van der Waals surface area contributed by atoms with Crippen molar-refractivity contribution in [1.29, 1.82) is 5.26 Å². The summed E-state index contributed by atoms with van der Waals surface area (Å²) in [6, 6.07) is 8.76. The van der Waals surface area contributed by atoms with Crippen LogP contribution in [-0.4, -0.2) is 97.2 Å². The number of benzene rings is 1. The second-order valence-electron chi connectivity index (χ2n) is 9.86. The van der Waals surface area contributed by atoms with Crippen LogP contribution in [0.1, 0.15) is 37.3 Å². The lowest BCUT2D eigenvalue weighted by Gasteiger charge is -2.34. The fourth-order valence-corrected chi connectivity index (χ4v) is 4.80. The fourth-order valence-electron chi connectivity index (χ4n) is 4.80. The summed E-state index contributed by atoms with van der Waals surface area (Å²) in [5.74, 6) is 0.958. The van der Waals surface area contributed by atoms with E-state index in [9.17, 15) is 10.1 Å². The van der Waals surface area contributed by atoms with Crippen LogP contribution in [0.5, 0.6) is 0 Å². The van der Waals surface area contributed by atoms with Crippen molar-refractivity contribution in [3.8, 4) is 6.07 Å². The summed E-state index contributed by atoms with van der Waals surface area (Å²) in [4.78, 5) is 29.9. The molecule has 2 fully saturated rings. The molecule has 0 atom stereocenters. The highest BCUT2D eigenvalue weighted by Crippen LogP contribution is 2.27. The van der Waals surface area contributed by atoms with Crippen LogP contribution in [0, 0.1) is 11.3 Å². The van der Waals surface area contributed by atoms with E-state index in [1.54, 1.807) is 11.1 Å². The quantitative estimate of drug-likeness (QED) is 0.500. The van der Waals surface area contributed by atoms with Crippen LogP contribution in [0.25, 0.3) is 0 Å². The van der Waals surface area contributed by atoms with Gasteiger partial charge < -0.3 is 30.2 Å². The van der Waals surface area contributed by atoms with E-state index in [4.69, 9.17) is 0 Å². The number of amides is 2. The molecular formula is C27H39N9O. The average molecular weight is 506 g/mol. The highest BCUT2D eigenvalue weighted by Gasteiger charge is 2.20. The summed E-state index contributed by atoms with van der Waals surface area (Å²) < 4.78 is 0. The summed E-state index contributed by atoms with van der Waals surface area (Å²) in [6.45, 7) is 9.24. The molecule has 2 aliphatic rings. The lowest BCUT2D eigenvalue weighted by atomic mass is 10.1. The van der Waals surface area contributed by atoms with Crippen molar-refractivity contribution in [1.82, 2.24) is 24.7 Å². The number of nitriles is 1. The largest absolute Gasteiger partial charge is 0.369 e. The number of aryl methyl sites for hydroxylation is 1. The lowest BCUT2D eigenvalue weighted by molar-refractivity contribution is 0.172. The Kier molecular flexibility index (Phi) is 9.01. The number of piperazine rings is 1. The van der Waals surface area contributed by atoms with Gasteiger partial charge >= 0.3 is 6.03 Å². The van der Waals surface area contributed by atoms with Crippen LogP contribution in [0.2, 0.25) is 0 Å². The van der Waals surface area contributed by atoms with Crippen LogP contribution in [0.3, 0.4) is 0 Å². The molecule has 0 aliphatic carbocycles. The average Bonchev–Trinajstić information content (AvgIpc) is 3.07. The Labute approximate surface area is 220 Å². The molecule has 10 heteroatoms. The molecule has 2 saturated heterocycles. The third-order valence-corrected chi connectivity index (χ3v) is 7.16. The number of hydrogen-bond donors (Lipinski definition) is 2. The fraction of sp³-hybridized carbons (Fsp3) is 0.556. The second-order valence-corrected chi connectivity index (χ2v) is 9.86. The Morgan fingerprint density at radius 2 is 1.86 bits per heavy atom. The molecule has 0 spiro atoms. The maximum Gasteiger partial charge on any atom is 0.319 e. The Hall–Kier alpha value is -3.58. The number of likely N-dealkylation sites (N-methyl/N-ethyl adjacent to an activating group) is 1. The molecule has 2 aliphatic heterocycles. The van der Waals surface area contributed by atoms with Crippen molar-refractivity contribution >= 4 is 29.2 Å². The zero-order valence-electron chi connectivity index (χ0n) is 22.3. The number of anilines is 4. The molecule has 37 heavy (non-hydrogen) atoms. The lowest BCUT2D eigenvalue weighted by Crippen LogP contribution is -2.44. The van der Waals surface area contributed by atoms with E-state index in [-0.39, 0.29) is 6.03 Å². The third-order valence-electron chi connectivity index (χ3n) is 7.16. The number of nitrogens with one attached hydrogen (secondary N) is 2. The van der Waals surface area contributed by atoms with E-state index in [0.29, 0.717) is 30.4 Å². The topological polar surface area (TPSA) is 104 Å². The number of nitrogens with zero attached hydrogens (tertiary/aromatic N) is 7. The summed E-state index contributed by atoms with van der Waals surface area (Å²) in [7, 11) is 4.02. The first-order valence-corrected chi connectivity index (χ1v) is 13.3. The summed E-state index contributed by atoms with van der Waals surface area (Å²) >= 11 is 0. The first-order valence-electron chi connectivity index (χ1n) is 13.3. The predicted octanol–water partition coefficient (Wildman–Crippen LogP) is 3.36. The molecule has 10 nitrogen and oxygen atoms in total. The molecule has 2 N–H and O–H groups in total. The van der Waals surface area contributed by atoms with Crippen LogP contribution >= 0.6 is 0 Å². The third kappa shape index (κ3) is 6.80. The monoisotopic (exact) mass is 505 g/mol. The Balaban J connectivity index is 1.38. The molecule has 1 aromatic carbocycles. The van der Waals surface area contributed by atoms with Gasteiger partial charge in [0.15, 0.2) is 0 Å². The van der Waals surface area contributed by atoms with Crippen molar-refractivity contribution in [3.05, 3.63) is 35.5 Å². The number of carbonyl (C=O) groups excluding carboxylic acids is 1. The zero-order chi connectivity index (χ0) is 26.2. The van der Waals surface area contributed by atoms with Crippen LogP contribution in [0.4, 0.5) is 27.9 Å². The molecule has 0 radical (unpaired) electrons. The summed E-state index contributed by atoms with van der Waals surface area (Å²) in [5.41, 5.74) is 3.82. The Morgan fingerprint density at radius 1 is 1.08 bits per heavy atom. The Bertz CT molecular complexity index is 1110. The Morgan fingerprint density at radius 3 is 2.62 bits per heavy atom. The maximum atomic E-state index is 12.5. The molecule has 2 amide bonds. The maximum absolute atomic E-state index is 12.5. The van der Waals surface area contributed by atoms with Gasteiger partial charge in [-0.1, -0.05) is 6.92 Å². The van der Waals surface area contributed by atoms with Gasteiger partial charge in [-0.25, -0.2) is 9.78 Å². The summed E-state index contributed by atoms with van der Waals surface area (Å²) in [6.07, 6.45) is 5.27. The number of rotatable bonds is 9. The smallest absolute Gasteiger partial charge is 0.319 e. The predicted molar refractivity (Wildman–Crippen MR) is 147 cm³/mol. The molecule has 1 aromatic heterocycles. The van der Waals surface area contributed by atoms with Gasteiger partial charge in [0.2, 0.25) is 5.95 Å². The van der Waals surface area contributed by atoms with Crippen molar-refractivity contribution < 1.29 is 4.79 Å². The molecule has 0 unspecified atom stereocenters. The highest BCUT2D eigenvalue weighted by atomic mass is 16.2. The minimum absolute atomic E-state index is 0.0918. The molecule has 4 rings (SSSR count). The van der Waals surface area contributed by atoms with E-state index < -0.39 is 0 Å². The van der Waals surface area contributed by atoms with Crippen molar-refractivity contribution in [2.45, 2.75) is 32.6 Å². The number of urea groups is 1. The van der Waals surface area contributed by atoms with E-state index in [1.165, 1.54) is 11.3 Å². The molecule has 2 aromatic rings. The highest BCUT2D eigenvalue weighted by molar-refractivity contribution is 5.74. The van der Waals surface area contributed by atoms with Crippen molar-refractivity contribution in [3.63, 3.8) is 0 Å². The molecular weight excluding hydrogens is 466 g/mol. The number of aromatic nitrogens is 2. The van der Waals surface area contributed by atoms with Crippen LogP contribution < -0.4 is 15.5 Å². The van der Waals surface area contributed by atoms with Gasteiger partial charge in [0, 0.05) is 70.8 Å². The minimum Gasteiger partial charge on any atom is -0.369 e. The van der Waals surface area contributed by atoms with Gasteiger partial charge in [-0.2, -0.15) is 10.2 Å². The van der Waals surface area contributed by atoms with Crippen LogP contribution in [0.15, 0.2) is 24.4 Å². The van der Waals surface area contributed by atoms with Gasteiger partial charge in [0.1, 0.15) is 17.5 Å². The number of carbonyl (C=O) groups is 1. The summed E-state index contributed by atoms with van der Waals surface area (Å²) in [5, 5.41) is 16.2. The van der Waals surface area contributed by atoms with E-state index in [2.05, 4.69) is 68.6 Å². The SMILES string of the molecule is CCc1cc(N2CCN(C)CC2)ccc1Nc1ncc(C#N)c(NCCCN2CCCCN(C)C2=O)n1. The van der Waals surface area contributed by atoms with Gasteiger partial charge in [-0.3, -0.25) is 0 Å². The van der Waals surface area contributed by atoms with E-state index in [0.717, 1.165) is 70.6 Å². The molecule has 198 valence electrons. The molecule has 3 heterocycles. The zero-order valence-corrected chi connectivity index (χ0v) is 22.3. The minimum atomic E-state index is 0.0918. The normalized spacial score (nSPS) is 16.9. The van der Waals surface area contributed by atoms with Crippen molar-refractivity contribution in [2.75, 3.05) is 82.0 Å². The van der Waals surface area contributed by atoms with Gasteiger partial charge in [-0.05, 0) is 56.5 Å². The van der Waals surface area contributed by atoms with E-state index in [1.807, 2.05) is 11.9 Å². The van der Waals surface area contributed by atoms with Crippen molar-refractivity contribution in [2.24, 2.45) is 0 Å². The van der Waals surface area contributed by atoms with E-state index >= 15 is 0 Å². The van der Waals surface area contributed by atoms with Crippen LogP contribution in [-0.2, 0) is 6.42 Å². The molecule has 0 bridgehead atoms. The van der Waals surface area contributed by atoms with Gasteiger partial charge in [-0.15, -0.1) is 0 Å². The number of hydrogen-bond acceptors (Lipinski definition) is 8. The first-order chi connectivity index (χ1) is 18.0.